The molecule has 1 saturated carbocycles. The van der Waals surface area contributed by atoms with Crippen LogP contribution in [0, 0.1) is 5.92 Å². The first-order chi connectivity index (χ1) is 14.5. The minimum atomic E-state index is -0.746. The highest BCUT2D eigenvalue weighted by Crippen LogP contribution is 2.32. The molecule has 154 valence electrons. The number of rotatable bonds is 7. The molecule has 1 aliphatic rings. The Labute approximate surface area is 183 Å². The lowest BCUT2D eigenvalue weighted by molar-refractivity contribution is -0.117. The summed E-state index contributed by atoms with van der Waals surface area (Å²) < 4.78 is 11.1. The van der Waals surface area contributed by atoms with E-state index in [1.54, 1.807) is 18.2 Å². The molecule has 3 aromatic rings. The lowest BCUT2D eigenvalue weighted by Crippen LogP contribution is -2.15. The van der Waals surface area contributed by atoms with E-state index >= 15 is 0 Å². The van der Waals surface area contributed by atoms with Crippen molar-refractivity contribution in [3.8, 4) is 5.75 Å². The maximum atomic E-state index is 12.2. The van der Waals surface area contributed by atoms with Crippen LogP contribution >= 0.6 is 34.7 Å². The fourth-order valence-corrected chi connectivity index (χ4v) is 4.23. The van der Waals surface area contributed by atoms with E-state index in [1.165, 1.54) is 35.2 Å². The molecule has 0 aliphatic heterocycles. The predicted molar refractivity (Wildman–Crippen MR) is 112 cm³/mol. The standard InChI is InChI=1S/C19H14ClN3O5S2/c20-13-4-2-1-3-12(13)17(26)28-15-8-27-11(7-14(15)24)9-29-19-23-22-18(30-19)21-16(25)10-5-6-10/h1-4,7-8,10H,5-6,9H2,(H,21,22,25). The molecular weight excluding hydrogens is 450 g/mol. The molecule has 0 radical (unpaired) electrons. The molecule has 0 spiro atoms. The van der Waals surface area contributed by atoms with Crippen molar-refractivity contribution in [2.75, 3.05) is 5.32 Å². The van der Waals surface area contributed by atoms with Gasteiger partial charge >= 0.3 is 5.97 Å². The van der Waals surface area contributed by atoms with E-state index in [4.69, 9.17) is 20.8 Å². The number of halogens is 1. The fraction of sp³-hybridized carbons (Fsp3) is 0.211. The second-order valence-electron chi connectivity index (χ2n) is 6.37. The normalized spacial score (nSPS) is 13.1. The maximum absolute atomic E-state index is 12.2. The molecule has 30 heavy (non-hydrogen) atoms. The van der Waals surface area contributed by atoms with Crippen LogP contribution in [0.25, 0.3) is 0 Å². The number of thioether (sulfide) groups is 1. The van der Waals surface area contributed by atoms with Crippen LogP contribution in [0.5, 0.6) is 5.75 Å². The van der Waals surface area contributed by atoms with E-state index in [0.29, 0.717) is 21.0 Å². The van der Waals surface area contributed by atoms with Crippen molar-refractivity contribution in [1.82, 2.24) is 10.2 Å². The number of benzene rings is 1. The van der Waals surface area contributed by atoms with Crippen LogP contribution < -0.4 is 15.5 Å². The lowest BCUT2D eigenvalue weighted by atomic mass is 10.2. The van der Waals surface area contributed by atoms with Crippen molar-refractivity contribution in [2.45, 2.75) is 22.9 Å². The summed E-state index contributed by atoms with van der Waals surface area (Å²) in [6, 6.07) is 7.63. The minimum Gasteiger partial charge on any atom is -0.464 e. The zero-order valence-corrected chi connectivity index (χ0v) is 17.7. The summed E-state index contributed by atoms with van der Waals surface area (Å²) in [6.45, 7) is 0. The average Bonchev–Trinajstić information content (AvgIpc) is 3.49. The zero-order valence-electron chi connectivity index (χ0n) is 15.3. The number of nitrogens with zero attached hydrogens (tertiary/aromatic N) is 2. The van der Waals surface area contributed by atoms with Crippen LogP contribution in [-0.4, -0.2) is 22.1 Å². The van der Waals surface area contributed by atoms with Gasteiger partial charge in [-0.15, -0.1) is 10.2 Å². The zero-order chi connectivity index (χ0) is 21.1. The Morgan fingerprint density at radius 3 is 2.83 bits per heavy atom. The Balaban J connectivity index is 1.35. The summed E-state index contributed by atoms with van der Waals surface area (Å²) >= 11 is 8.52. The van der Waals surface area contributed by atoms with E-state index in [0.717, 1.165) is 19.1 Å². The Morgan fingerprint density at radius 1 is 1.30 bits per heavy atom. The molecule has 1 fully saturated rings. The van der Waals surface area contributed by atoms with Gasteiger partial charge in [-0.2, -0.15) is 0 Å². The van der Waals surface area contributed by atoms with Crippen LogP contribution in [0.4, 0.5) is 5.13 Å². The molecule has 0 unspecified atom stereocenters. The van der Waals surface area contributed by atoms with Gasteiger partial charge in [0.1, 0.15) is 12.0 Å². The molecule has 2 aromatic heterocycles. The maximum Gasteiger partial charge on any atom is 0.345 e. The Bertz CT molecular complexity index is 1160. The van der Waals surface area contributed by atoms with E-state index < -0.39 is 11.4 Å². The smallest absolute Gasteiger partial charge is 0.345 e. The van der Waals surface area contributed by atoms with Gasteiger partial charge in [0.05, 0.1) is 16.3 Å². The second kappa shape index (κ2) is 8.99. The van der Waals surface area contributed by atoms with Crippen molar-refractivity contribution >= 4 is 51.7 Å². The van der Waals surface area contributed by atoms with Crippen molar-refractivity contribution in [3.05, 3.63) is 63.2 Å². The van der Waals surface area contributed by atoms with Crippen LogP contribution in [0.3, 0.4) is 0 Å². The summed E-state index contributed by atoms with van der Waals surface area (Å²) in [4.78, 5) is 36.2. The van der Waals surface area contributed by atoms with Crippen LogP contribution in [0.1, 0.15) is 29.0 Å². The molecule has 1 N–H and O–H groups in total. The molecule has 8 nitrogen and oxygen atoms in total. The third-order valence-electron chi connectivity index (χ3n) is 4.07. The quantitative estimate of drug-likeness (QED) is 0.318. The number of hydrogen-bond acceptors (Lipinski definition) is 9. The number of ether oxygens (including phenoxy) is 1. The Hall–Kier alpha value is -2.69. The van der Waals surface area contributed by atoms with Crippen LogP contribution in [-0.2, 0) is 10.5 Å². The number of amides is 1. The third kappa shape index (κ3) is 5.07. The number of hydrogen-bond donors (Lipinski definition) is 1. The van der Waals surface area contributed by atoms with E-state index in [2.05, 4.69) is 15.5 Å². The monoisotopic (exact) mass is 463 g/mol. The van der Waals surface area contributed by atoms with Gasteiger partial charge in [0.2, 0.25) is 22.2 Å². The third-order valence-corrected chi connectivity index (χ3v) is 6.40. The highest BCUT2D eigenvalue weighted by atomic mass is 35.5. The molecule has 0 saturated heterocycles. The first-order valence-corrected chi connectivity index (χ1v) is 11.0. The molecule has 1 aromatic carbocycles. The molecule has 2 heterocycles. The molecule has 1 amide bonds. The molecular formula is C19H14ClN3O5S2. The summed E-state index contributed by atoms with van der Waals surface area (Å²) in [5.74, 6) is -0.222. The van der Waals surface area contributed by atoms with E-state index in [1.807, 2.05) is 0 Å². The van der Waals surface area contributed by atoms with Gasteiger partial charge in [-0.25, -0.2) is 4.79 Å². The fourth-order valence-electron chi connectivity index (χ4n) is 2.37. The van der Waals surface area contributed by atoms with Crippen molar-refractivity contribution in [2.24, 2.45) is 5.92 Å². The number of anilines is 1. The SMILES string of the molecule is O=C(Oc1coc(CSc2nnc(NC(=O)C3CC3)s2)cc1=O)c1ccccc1Cl. The first-order valence-electron chi connectivity index (χ1n) is 8.85. The topological polar surface area (TPSA) is 111 Å². The first kappa shape index (κ1) is 20.6. The molecule has 11 heteroatoms. The largest absolute Gasteiger partial charge is 0.464 e. The summed E-state index contributed by atoms with van der Waals surface area (Å²) in [5.41, 5.74) is -0.342. The summed E-state index contributed by atoms with van der Waals surface area (Å²) in [5, 5.41) is 11.3. The van der Waals surface area contributed by atoms with Gasteiger partial charge in [0, 0.05) is 12.0 Å². The Kier molecular flexibility index (Phi) is 6.16. The van der Waals surface area contributed by atoms with Gasteiger partial charge < -0.3 is 14.5 Å². The molecule has 1 aliphatic carbocycles. The highest BCUT2D eigenvalue weighted by molar-refractivity contribution is 8.00. The predicted octanol–water partition coefficient (Wildman–Crippen LogP) is 4.00. The molecule has 4 rings (SSSR count). The number of esters is 1. The highest BCUT2D eigenvalue weighted by Gasteiger charge is 2.30. The lowest BCUT2D eigenvalue weighted by Gasteiger charge is -2.05. The average molecular weight is 464 g/mol. The van der Waals surface area contributed by atoms with Crippen molar-refractivity contribution in [1.29, 1.82) is 0 Å². The van der Waals surface area contributed by atoms with Gasteiger partial charge in [0.15, 0.2) is 4.34 Å². The van der Waals surface area contributed by atoms with Crippen molar-refractivity contribution < 1.29 is 18.7 Å². The number of carbonyl (C=O) groups excluding carboxylic acids is 2. The number of nitrogens with one attached hydrogen (secondary N) is 1. The van der Waals surface area contributed by atoms with Crippen LogP contribution in [0.15, 0.2) is 50.1 Å². The van der Waals surface area contributed by atoms with Gasteiger partial charge in [-0.05, 0) is 25.0 Å². The number of carbonyl (C=O) groups is 2. The molecule has 0 atom stereocenters. The second-order valence-corrected chi connectivity index (χ2v) is 8.98. The molecule has 0 bridgehead atoms. The minimum absolute atomic E-state index is 0.0318. The van der Waals surface area contributed by atoms with Gasteiger partial charge in [-0.1, -0.05) is 46.8 Å². The van der Waals surface area contributed by atoms with Crippen LogP contribution in [0.2, 0.25) is 5.02 Å². The number of aromatic nitrogens is 2. The summed E-state index contributed by atoms with van der Waals surface area (Å²) in [7, 11) is 0. The van der Waals surface area contributed by atoms with E-state index in [-0.39, 0.29) is 28.2 Å². The summed E-state index contributed by atoms with van der Waals surface area (Å²) in [6.07, 6.45) is 2.91. The van der Waals surface area contributed by atoms with E-state index in [9.17, 15) is 14.4 Å². The van der Waals surface area contributed by atoms with Crippen molar-refractivity contribution in [3.63, 3.8) is 0 Å². The van der Waals surface area contributed by atoms with Gasteiger partial charge in [0.25, 0.3) is 0 Å². The van der Waals surface area contributed by atoms with Gasteiger partial charge in [-0.3, -0.25) is 9.59 Å². The Morgan fingerprint density at radius 2 is 2.10 bits per heavy atom.